The lowest BCUT2D eigenvalue weighted by molar-refractivity contribution is 0.0937. The minimum Gasteiger partial charge on any atom is -0.350 e. The van der Waals surface area contributed by atoms with Crippen LogP contribution < -0.4 is 10.6 Å². The average Bonchev–Trinajstić information content (AvgIpc) is 2.74. The van der Waals surface area contributed by atoms with Gasteiger partial charge in [0.25, 0.3) is 11.8 Å². The molecule has 0 aliphatic heterocycles. The lowest BCUT2D eigenvalue weighted by Gasteiger charge is -2.14. The summed E-state index contributed by atoms with van der Waals surface area (Å²) in [5.74, 6) is -0.342. The molecule has 0 spiro atoms. The smallest absolute Gasteiger partial charge is 0.255 e. The molecule has 0 saturated heterocycles. The molecule has 0 aliphatic carbocycles. The highest BCUT2D eigenvalue weighted by Crippen LogP contribution is 2.13. The summed E-state index contributed by atoms with van der Waals surface area (Å²) in [5, 5.41) is 5.86. The van der Waals surface area contributed by atoms with E-state index >= 15 is 0 Å². The first-order valence-electron chi connectivity index (χ1n) is 9.43. The van der Waals surface area contributed by atoms with Gasteiger partial charge >= 0.3 is 0 Å². The fourth-order valence-corrected chi connectivity index (χ4v) is 2.94. The van der Waals surface area contributed by atoms with Crippen molar-refractivity contribution in [2.45, 2.75) is 25.8 Å². The second kappa shape index (κ2) is 9.51. The molecule has 4 nitrogen and oxygen atoms in total. The van der Waals surface area contributed by atoms with Gasteiger partial charge < -0.3 is 10.6 Å². The van der Waals surface area contributed by atoms with Crippen molar-refractivity contribution in [2.24, 2.45) is 0 Å². The predicted molar refractivity (Wildman–Crippen MR) is 113 cm³/mol. The highest BCUT2D eigenvalue weighted by Gasteiger charge is 2.12. The molecule has 0 radical (unpaired) electrons. The molecule has 28 heavy (non-hydrogen) atoms. The van der Waals surface area contributed by atoms with E-state index in [-0.39, 0.29) is 17.9 Å². The van der Waals surface area contributed by atoms with Crippen LogP contribution in [0.2, 0.25) is 0 Å². The van der Waals surface area contributed by atoms with Crippen molar-refractivity contribution in [1.29, 1.82) is 0 Å². The zero-order chi connectivity index (χ0) is 19.8. The van der Waals surface area contributed by atoms with E-state index in [0.29, 0.717) is 16.8 Å². The van der Waals surface area contributed by atoms with Crippen LogP contribution in [0.5, 0.6) is 0 Å². The Balaban J connectivity index is 1.56. The Morgan fingerprint density at radius 3 is 2.14 bits per heavy atom. The number of amides is 2. The Morgan fingerprint density at radius 2 is 1.43 bits per heavy atom. The first-order chi connectivity index (χ1) is 13.6. The zero-order valence-electron chi connectivity index (χ0n) is 15.9. The van der Waals surface area contributed by atoms with Crippen molar-refractivity contribution in [2.75, 3.05) is 5.32 Å². The summed E-state index contributed by atoms with van der Waals surface area (Å²) in [5.41, 5.74) is 2.96. The van der Waals surface area contributed by atoms with Crippen molar-refractivity contribution in [3.05, 3.63) is 102 Å². The van der Waals surface area contributed by atoms with Crippen LogP contribution in [0.3, 0.4) is 0 Å². The summed E-state index contributed by atoms with van der Waals surface area (Å²) in [7, 11) is 0. The van der Waals surface area contributed by atoms with E-state index in [1.165, 1.54) is 5.56 Å². The molecule has 0 unspecified atom stereocenters. The van der Waals surface area contributed by atoms with E-state index in [1.54, 1.807) is 36.4 Å². The lowest BCUT2D eigenvalue weighted by atomic mass is 10.1. The Labute approximate surface area is 165 Å². The monoisotopic (exact) mass is 372 g/mol. The summed E-state index contributed by atoms with van der Waals surface area (Å²) in [6.45, 7) is 2.00. The molecule has 1 atom stereocenters. The topological polar surface area (TPSA) is 58.2 Å². The van der Waals surface area contributed by atoms with Crippen molar-refractivity contribution < 1.29 is 9.59 Å². The summed E-state index contributed by atoms with van der Waals surface area (Å²) in [6, 6.07) is 26.3. The van der Waals surface area contributed by atoms with E-state index in [9.17, 15) is 9.59 Å². The fourth-order valence-electron chi connectivity index (χ4n) is 2.94. The molecule has 0 heterocycles. The van der Waals surface area contributed by atoms with E-state index in [1.807, 2.05) is 43.3 Å². The lowest BCUT2D eigenvalue weighted by Crippen LogP contribution is -2.32. The molecule has 0 bridgehead atoms. The Hall–Kier alpha value is -3.40. The largest absolute Gasteiger partial charge is 0.350 e. The van der Waals surface area contributed by atoms with Gasteiger partial charge in [-0.3, -0.25) is 9.59 Å². The van der Waals surface area contributed by atoms with Gasteiger partial charge in [-0.25, -0.2) is 0 Å². The van der Waals surface area contributed by atoms with Gasteiger partial charge in [-0.2, -0.15) is 0 Å². The first-order valence-corrected chi connectivity index (χ1v) is 9.43. The second-order valence-electron chi connectivity index (χ2n) is 6.80. The molecule has 3 rings (SSSR count). The van der Waals surface area contributed by atoms with Gasteiger partial charge in [0.15, 0.2) is 0 Å². The Bertz CT molecular complexity index is 924. The van der Waals surface area contributed by atoms with E-state index in [2.05, 4.69) is 22.8 Å². The molecule has 0 aliphatic rings. The number of hydrogen-bond donors (Lipinski definition) is 2. The van der Waals surface area contributed by atoms with Gasteiger partial charge in [-0.15, -0.1) is 0 Å². The van der Waals surface area contributed by atoms with Crippen LogP contribution in [-0.2, 0) is 6.42 Å². The number of benzene rings is 3. The number of carbonyl (C=O) groups excluding carboxylic acids is 2. The SMILES string of the molecule is C[C@H](CCc1ccccc1)NC(=O)c1cccc(NC(=O)c2ccccc2)c1. The maximum atomic E-state index is 12.6. The molecule has 2 amide bonds. The molecule has 2 N–H and O–H groups in total. The Morgan fingerprint density at radius 1 is 0.786 bits per heavy atom. The van der Waals surface area contributed by atoms with Gasteiger partial charge in [0.05, 0.1) is 0 Å². The van der Waals surface area contributed by atoms with Crippen LogP contribution in [0, 0.1) is 0 Å². The zero-order valence-corrected chi connectivity index (χ0v) is 15.9. The second-order valence-corrected chi connectivity index (χ2v) is 6.80. The van der Waals surface area contributed by atoms with Crippen LogP contribution in [0.25, 0.3) is 0 Å². The van der Waals surface area contributed by atoms with Gasteiger partial charge in [-0.1, -0.05) is 54.6 Å². The quantitative estimate of drug-likeness (QED) is 0.632. The molecule has 3 aromatic carbocycles. The van der Waals surface area contributed by atoms with Gasteiger partial charge in [0, 0.05) is 22.9 Å². The van der Waals surface area contributed by atoms with E-state index < -0.39 is 0 Å². The predicted octanol–water partition coefficient (Wildman–Crippen LogP) is 4.69. The molecule has 0 saturated carbocycles. The fraction of sp³-hybridized carbons (Fsp3) is 0.167. The number of aryl methyl sites for hydroxylation is 1. The van der Waals surface area contributed by atoms with Crippen LogP contribution in [0.1, 0.15) is 39.6 Å². The summed E-state index contributed by atoms with van der Waals surface area (Å²) < 4.78 is 0. The molecule has 0 aromatic heterocycles. The number of anilines is 1. The van der Waals surface area contributed by atoms with Crippen molar-refractivity contribution in [1.82, 2.24) is 5.32 Å². The van der Waals surface area contributed by atoms with E-state index in [4.69, 9.17) is 0 Å². The van der Waals surface area contributed by atoms with Gasteiger partial charge in [-0.05, 0) is 55.7 Å². The third-order valence-corrected chi connectivity index (χ3v) is 4.50. The number of carbonyl (C=O) groups is 2. The van der Waals surface area contributed by atoms with Crippen molar-refractivity contribution in [3.63, 3.8) is 0 Å². The van der Waals surface area contributed by atoms with Gasteiger partial charge in [0.2, 0.25) is 0 Å². The number of hydrogen-bond acceptors (Lipinski definition) is 2. The van der Waals surface area contributed by atoms with Gasteiger partial charge in [0.1, 0.15) is 0 Å². The molecule has 3 aromatic rings. The molecular weight excluding hydrogens is 348 g/mol. The first kappa shape index (κ1) is 19.4. The van der Waals surface area contributed by atoms with Crippen LogP contribution in [0.15, 0.2) is 84.9 Å². The summed E-state index contributed by atoms with van der Waals surface area (Å²) in [4.78, 5) is 24.8. The summed E-state index contributed by atoms with van der Waals surface area (Å²) >= 11 is 0. The molecule has 0 fully saturated rings. The van der Waals surface area contributed by atoms with Crippen molar-refractivity contribution >= 4 is 17.5 Å². The highest BCUT2D eigenvalue weighted by atomic mass is 16.2. The number of rotatable bonds is 7. The third kappa shape index (κ3) is 5.55. The average molecular weight is 372 g/mol. The normalized spacial score (nSPS) is 11.5. The van der Waals surface area contributed by atoms with Crippen LogP contribution in [-0.4, -0.2) is 17.9 Å². The summed E-state index contributed by atoms with van der Waals surface area (Å²) in [6.07, 6.45) is 1.77. The third-order valence-electron chi connectivity index (χ3n) is 4.50. The highest BCUT2D eigenvalue weighted by molar-refractivity contribution is 6.05. The Kier molecular flexibility index (Phi) is 6.58. The molecule has 4 heteroatoms. The standard InChI is InChI=1S/C24H24N2O2/c1-18(15-16-19-9-4-2-5-10-19)25-24(28)21-13-8-14-22(17-21)26-23(27)20-11-6-3-7-12-20/h2-14,17-18H,15-16H2,1H3,(H,25,28)(H,26,27)/t18-/m1/s1. The van der Waals surface area contributed by atoms with Crippen LogP contribution in [0.4, 0.5) is 5.69 Å². The molecular formula is C24H24N2O2. The maximum absolute atomic E-state index is 12.6. The minimum atomic E-state index is -0.200. The number of nitrogens with one attached hydrogen (secondary N) is 2. The van der Waals surface area contributed by atoms with E-state index in [0.717, 1.165) is 12.8 Å². The van der Waals surface area contributed by atoms with Crippen LogP contribution >= 0.6 is 0 Å². The van der Waals surface area contributed by atoms with Crippen molar-refractivity contribution in [3.8, 4) is 0 Å². The minimum absolute atomic E-state index is 0.0512. The maximum Gasteiger partial charge on any atom is 0.255 e. The molecule has 142 valence electrons.